The van der Waals surface area contributed by atoms with Gasteiger partial charge in [0.05, 0.1) is 4.58 Å². The smallest absolute Gasteiger partial charge is 0.220 e. The van der Waals surface area contributed by atoms with Gasteiger partial charge >= 0.3 is 0 Å². The number of carbonyl (C=O) groups is 1. The first-order chi connectivity index (χ1) is 5.66. The molecule has 0 bridgehead atoms. The van der Waals surface area contributed by atoms with Gasteiger partial charge in [-0.25, -0.2) is 0 Å². The number of rotatable bonds is 6. The standard InChI is InChI=1S/C8H17NOS2/c1-2-3-4-5-7(10)9-6-8(11)12/h8,11-12H,2-6H2,1H3,(H,9,10). The van der Waals surface area contributed by atoms with Crippen molar-refractivity contribution >= 4 is 31.2 Å². The SMILES string of the molecule is CCCCCC(=O)NCC(S)S. The molecule has 0 saturated carbocycles. The highest BCUT2D eigenvalue weighted by molar-refractivity contribution is 7.99. The van der Waals surface area contributed by atoms with Gasteiger partial charge in [0.2, 0.25) is 5.91 Å². The van der Waals surface area contributed by atoms with Gasteiger partial charge in [0.15, 0.2) is 0 Å². The molecule has 0 spiro atoms. The van der Waals surface area contributed by atoms with E-state index in [0.717, 1.165) is 19.3 Å². The Labute approximate surface area is 85.3 Å². The van der Waals surface area contributed by atoms with Crippen molar-refractivity contribution in [1.29, 1.82) is 0 Å². The first-order valence-corrected chi connectivity index (χ1v) is 5.33. The molecule has 0 heterocycles. The third-order valence-electron chi connectivity index (χ3n) is 1.49. The summed E-state index contributed by atoms with van der Waals surface area (Å²) < 4.78 is -0.0554. The van der Waals surface area contributed by atoms with Gasteiger partial charge in [-0.05, 0) is 6.42 Å². The summed E-state index contributed by atoms with van der Waals surface area (Å²) in [6.07, 6.45) is 3.88. The zero-order valence-electron chi connectivity index (χ0n) is 7.42. The molecule has 0 aliphatic carbocycles. The summed E-state index contributed by atoms with van der Waals surface area (Å²) in [5, 5.41) is 2.75. The van der Waals surface area contributed by atoms with Crippen molar-refractivity contribution in [3.05, 3.63) is 0 Å². The fraction of sp³-hybridized carbons (Fsp3) is 0.875. The maximum Gasteiger partial charge on any atom is 0.220 e. The van der Waals surface area contributed by atoms with Crippen LogP contribution in [-0.4, -0.2) is 17.0 Å². The lowest BCUT2D eigenvalue weighted by atomic mass is 10.2. The van der Waals surface area contributed by atoms with E-state index in [0.29, 0.717) is 13.0 Å². The molecule has 0 rings (SSSR count). The fourth-order valence-corrected chi connectivity index (χ4v) is 1.01. The van der Waals surface area contributed by atoms with Gasteiger partial charge in [-0.3, -0.25) is 4.79 Å². The summed E-state index contributed by atoms with van der Waals surface area (Å²) in [4.78, 5) is 11.0. The topological polar surface area (TPSA) is 29.1 Å². The second-order valence-corrected chi connectivity index (χ2v) is 4.40. The van der Waals surface area contributed by atoms with E-state index in [-0.39, 0.29) is 10.5 Å². The molecule has 0 unspecified atom stereocenters. The Balaban J connectivity index is 3.22. The molecule has 1 amide bonds. The molecule has 0 aromatic rings. The van der Waals surface area contributed by atoms with E-state index >= 15 is 0 Å². The Bertz CT molecular complexity index is 128. The average Bonchev–Trinajstić information content (AvgIpc) is 2.01. The third kappa shape index (κ3) is 8.27. The molecule has 2 nitrogen and oxygen atoms in total. The molecule has 4 heteroatoms. The van der Waals surface area contributed by atoms with E-state index in [1.54, 1.807) is 0 Å². The molecular weight excluding hydrogens is 190 g/mol. The predicted molar refractivity (Wildman–Crippen MR) is 58.9 cm³/mol. The van der Waals surface area contributed by atoms with Gasteiger partial charge in [-0.2, -0.15) is 25.3 Å². The third-order valence-corrected chi connectivity index (χ3v) is 1.85. The molecule has 0 aromatic carbocycles. The van der Waals surface area contributed by atoms with Crippen LogP contribution in [0.5, 0.6) is 0 Å². The molecule has 1 N–H and O–H groups in total. The number of hydrogen-bond donors (Lipinski definition) is 3. The minimum absolute atomic E-state index is 0.0554. The van der Waals surface area contributed by atoms with Crippen LogP contribution in [0.4, 0.5) is 0 Å². The van der Waals surface area contributed by atoms with E-state index < -0.39 is 0 Å². The Kier molecular flexibility index (Phi) is 7.91. The molecule has 0 radical (unpaired) electrons. The highest BCUT2D eigenvalue weighted by Crippen LogP contribution is 2.00. The molecule has 0 atom stereocenters. The zero-order valence-corrected chi connectivity index (χ0v) is 9.20. The van der Waals surface area contributed by atoms with Crippen molar-refractivity contribution in [3.8, 4) is 0 Å². The van der Waals surface area contributed by atoms with Gasteiger partial charge in [0.25, 0.3) is 0 Å². The van der Waals surface area contributed by atoms with Crippen molar-refractivity contribution < 1.29 is 4.79 Å². The van der Waals surface area contributed by atoms with Crippen LogP contribution in [0.25, 0.3) is 0 Å². The number of thiol groups is 2. The number of carbonyl (C=O) groups excluding carboxylic acids is 1. The quantitative estimate of drug-likeness (QED) is 0.346. The number of amides is 1. The van der Waals surface area contributed by atoms with Crippen LogP contribution < -0.4 is 5.32 Å². The van der Waals surface area contributed by atoms with Crippen LogP contribution in [0.2, 0.25) is 0 Å². The number of unbranched alkanes of at least 4 members (excludes halogenated alkanes) is 2. The normalized spacial score (nSPS) is 10.3. The first-order valence-electron chi connectivity index (χ1n) is 4.29. The summed E-state index contributed by atoms with van der Waals surface area (Å²) in [6, 6.07) is 0. The minimum atomic E-state index is -0.0554. The fourth-order valence-electron chi connectivity index (χ4n) is 0.829. The summed E-state index contributed by atoms with van der Waals surface area (Å²) >= 11 is 8.06. The summed E-state index contributed by atoms with van der Waals surface area (Å²) in [5.41, 5.74) is 0. The van der Waals surface area contributed by atoms with E-state index in [9.17, 15) is 4.79 Å². The van der Waals surface area contributed by atoms with Gasteiger partial charge < -0.3 is 5.32 Å². The molecule has 0 aromatic heterocycles. The van der Waals surface area contributed by atoms with Gasteiger partial charge in [-0.1, -0.05) is 19.8 Å². The summed E-state index contributed by atoms with van der Waals surface area (Å²) in [6.45, 7) is 2.66. The van der Waals surface area contributed by atoms with Crippen LogP contribution in [-0.2, 0) is 4.79 Å². The average molecular weight is 207 g/mol. The second kappa shape index (κ2) is 7.80. The predicted octanol–water partition coefficient (Wildman–Crippen LogP) is 1.87. The van der Waals surface area contributed by atoms with E-state index in [4.69, 9.17) is 0 Å². The first kappa shape index (κ1) is 12.2. The lowest BCUT2D eigenvalue weighted by molar-refractivity contribution is -0.121. The zero-order chi connectivity index (χ0) is 9.40. The van der Waals surface area contributed by atoms with Crippen molar-refractivity contribution in [1.82, 2.24) is 5.32 Å². The highest BCUT2D eigenvalue weighted by Gasteiger charge is 2.01. The van der Waals surface area contributed by atoms with Crippen LogP contribution in [0.3, 0.4) is 0 Å². The Morgan fingerprint density at radius 1 is 1.42 bits per heavy atom. The van der Waals surface area contributed by atoms with E-state index in [2.05, 4.69) is 37.5 Å². The Morgan fingerprint density at radius 2 is 2.08 bits per heavy atom. The lowest BCUT2D eigenvalue weighted by Gasteiger charge is -2.05. The molecule has 12 heavy (non-hydrogen) atoms. The van der Waals surface area contributed by atoms with Crippen LogP contribution >= 0.6 is 25.3 Å². The van der Waals surface area contributed by atoms with Gasteiger partial charge in [0.1, 0.15) is 0 Å². The molecule has 0 aliphatic rings. The van der Waals surface area contributed by atoms with Gasteiger partial charge in [0, 0.05) is 13.0 Å². The van der Waals surface area contributed by atoms with Crippen LogP contribution in [0.15, 0.2) is 0 Å². The molecule has 0 saturated heterocycles. The van der Waals surface area contributed by atoms with Crippen LogP contribution in [0.1, 0.15) is 32.6 Å². The molecule has 0 fully saturated rings. The monoisotopic (exact) mass is 207 g/mol. The maximum absolute atomic E-state index is 11.0. The lowest BCUT2D eigenvalue weighted by Crippen LogP contribution is -2.27. The summed E-state index contributed by atoms with van der Waals surface area (Å²) in [5.74, 6) is 0.108. The Morgan fingerprint density at radius 3 is 2.58 bits per heavy atom. The second-order valence-electron chi connectivity index (χ2n) is 2.74. The molecular formula is C8H17NOS2. The van der Waals surface area contributed by atoms with Crippen LogP contribution in [0, 0.1) is 0 Å². The molecule has 72 valence electrons. The van der Waals surface area contributed by atoms with E-state index in [1.807, 2.05) is 0 Å². The van der Waals surface area contributed by atoms with Gasteiger partial charge in [-0.15, -0.1) is 0 Å². The van der Waals surface area contributed by atoms with Crippen molar-refractivity contribution in [3.63, 3.8) is 0 Å². The van der Waals surface area contributed by atoms with Crippen molar-refractivity contribution in [2.75, 3.05) is 6.54 Å². The summed E-state index contributed by atoms with van der Waals surface area (Å²) in [7, 11) is 0. The maximum atomic E-state index is 11.0. The Hall–Kier alpha value is 0.170. The number of hydrogen-bond acceptors (Lipinski definition) is 3. The minimum Gasteiger partial charge on any atom is -0.354 e. The number of nitrogens with one attached hydrogen (secondary N) is 1. The molecule has 0 aliphatic heterocycles. The largest absolute Gasteiger partial charge is 0.354 e. The van der Waals surface area contributed by atoms with E-state index in [1.165, 1.54) is 0 Å². The highest BCUT2D eigenvalue weighted by atomic mass is 32.2. The van der Waals surface area contributed by atoms with Crippen molar-refractivity contribution in [2.45, 2.75) is 37.2 Å². The van der Waals surface area contributed by atoms with Crippen molar-refractivity contribution in [2.24, 2.45) is 0 Å².